The Morgan fingerprint density at radius 2 is 1.91 bits per heavy atom. The first-order chi connectivity index (χ1) is 16.0. The maximum Gasteiger partial charge on any atom is 0.231 e. The summed E-state index contributed by atoms with van der Waals surface area (Å²) in [5, 5.41) is 0. The summed E-state index contributed by atoms with van der Waals surface area (Å²) in [4.78, 5) is 15.5. The molecule has 2 heterocycles. The van der Waals surface area contributed by atoms with Crippen LogP contribution in [0.25, 0.3) is 6.08 Å². The molecule has 33 heavy (non-hydrogen) atoms. The smallest absolute Gasteiger partial charge is 0.231 e. The Morgan fingerprint density at radius 1 is 1.12 bits per heavy atom. The highest BCUT2D eigenvalue weighted by molar-refractivity contribution is 9.10. The van der Waals surface area contributed by atoms with E-state index in [2.05, 4.69) is 39.9 Å². The first-order valence-corrected chi connectivity index (χ1v) is 11.6. The van der Waals surface area contributed by atoms with Gasteiger partial charge in [-0.15, -0.1) is 0 Å². The van der Waals surface area contributed by atoms with Crippen LogP contribution in [0, 0.1) is 6.92 Å². The standard InChI is InChI=1S/C27H24BrNO4/c1-16-26-20(14-29(15-32-26)17(2)18-7-5-4-6-8-18)12-22-25(30)24(33-27(16)22)13-19-11-21(28)9-10-23(19)31-3/h4-13,17H,14-15H2,1-3H3/b24-13-. The first-order valence-electron chi connectivity index (χ1n) is 10.8. The molecule has 0 bridgehead atoms. The molecular formula is C27H24BrNO4. The van der Waals surface area contributed by atoms with Crippen LogP contribution in [0.4, 0.5) is 0 Å². The second-order valence-corrected chi connectivity index (χ2v) is 9.22. The molecule has 0 aliphatic carbocycles. The number of allylic oxidation sites excluding steroid dienone is 1. The fourth-order valence-corrected chi connectivity index (χ4v) is 4.79. The summed E-state index contributed by atoms with van der Waals surface area (Å²) in [5.74, 6) is 2.19. The normalized spacial score (nSPS) is 17.2. The van der Waals surface area contributed by atoms with Crippen molar-refractivity contribution in [3.8, 4) is 17.2 Å². The Labute approximate surface area is 201 Å². The lowest BCUT2D eigenvalue weighted by Crippen LogP contribution is -2.34. The van der Waals surface area contributed by atoms with E-state index in [0.717, 1.165) is 26.9 Å². The number of Topliss-reactive ketones (excluding diaryl/α,β-unsaturated/α-hetero) is 1. The van der Waals surface area contributed by atoms with Gasteiger partial charge in [-0.2, -0.15) is 0 Å². The highest BCUT2D eigenvalue weighted by Crippen LogP contribution is 2.44. The van der Waals surface area contributed by atoms with Gasteiger partial charge < -0.3 is 14.2 Å². The van der Waals surface area contributed by atoms with Crippen molar-refractivity contribution in [2.24, 2.45) is 0 Å². The molecule has 1 atom stereocenters. The number of carbonyl (C=O) groups is 1. The molecule has 0 spiro atoms. The number of rotatable bonds is 4. The molecule has 0 fully saturated rings. The van der Waals surface area contributed by atoms with Crippen molar-refractivity contribution in [1.82, 2.24) is 4.90 Å². The number of nitrogens with zero attached hydrogens (tertiary/aromatic N) is 1. The predicted octanol–water partition coefficient (Wildman–Crippen LogP) is 6.30. The number of hydrogen-bond donors (Lipinski definition) is 0. The van der Waals surface area contributed by atoms with Crippen LogP contribution in [0.1, 0.15) is 45.6 Å². The number of methoxy groups -OCH3 is 1. The van der Waals surface area contributed by atoms with Crippen molar-refractivity contribution in [2.45, 2.75) is 26.4 Å². The monoisotopic (exact) mass is 505 g/mol. The third-order valence-corrected chi connectivity index (χ3v) is 6.77. The summed E-state index contributed by atoms with van der Waals surface area (Å²) >= 11 is 3.48. The van der Waals surface area contributed by atoms with Crippen LogP contribution >= 0.6 is 15.9 Å². The van der Waals surface area contributed by atoms with Gasteiger partial charge in [-0.1, -0.05) is 46.3 Å². The lowest BCUT2D eigenvalue weighted by molar-refractivity contribution is 0.0609. The highest BCUT2D eigenvalue weighted by Gasteiger charge is 2.34. The Balaban J connectivity index is 1.47. The van der Waals surface area contributed by atoms with Crippen LogP contribution in [0.3, 0.4) is 0 Å². The molecule has 2 aliphatic rings. The Kier molecular flexibility index (Phi) is 5.72. The van der Waals surface area contributed by atoms with Crippen LogP contribution < -0.4 is 14.2 Å². The van der Waals surface area contributed by atoms with E-state index in [1.807, 2.05) is 49.4 Å². The second-order valence-electron chi connectivity index (χ2n) is 8.30. The van der Waals surface area contributed by atoms with Crippen molar-refractivity contribution >= 4 is 27.8 Å². The Morgan fingerprint density at radius 3 is 2.67 bits per heavy atom. The fraction of sp³-hybridized carbons (Fsp3) is 0.222. The number of halogens is 1. The lowest BCUT2D eigenvalue weighted by Gasteiger charge is -2.34. The first kappa shape index (κ1) is 21.7. The molecule has 0 N–H and O–H groups in total. The van der Waals surface area contributed by atoms with Gasteiger partial charge in [-0.05, 0) is 49.8 Å². The summed E-state index contributed by atoms with van der Waals surface area (Å²) in [7, 11) is 1.61. The summed E-state index contributed by atoms with van der Waals surface area (Å²) in [6, 6.07) is 18.1. The summed E-state index contributed by atoms with van der Waals surface area (Å²) in [5.41, 5.74) is 4.43. The van der Waals surface area contributed by atoms with E-state index in [-0.39, 0.29) is 17.6 Å². The van der Waals surface area contributed by atoms with E-state index in [1.165, 1.54) is 5.56 Å². The molecule has 168 valence electrons. The van der Waals surface area contributed by atoms with Crippen LogP contribution in [-0.2, 0) is 6.54 Å². The van der Waals surface area contributed by atoms with Gasteiger partial charge in [-0.25, -0.2) is 0 Å². The molecule has 5 nitrogen and oxygen atoms in total. The minimum atomic E-state index is -0.133. The van der Waals surface area contributed by atoms with Gasteiger partial charge in [0.05, 0.1) is 12.7 Å². The number of hydrogen-bond acceptors (Lipinski definition) is 5. The summed E-state index contributed by atoms with van der Waals surface area (Å²) < 4.78 is 18.5. The van der Waals surface area contributed by atoms with E-state index >= 15 is 0 Å². The molecule has 3 aromatic carbocycles. The fourth-order valence-electron chi connectivity index (χ4n) is 4.42. The van der Waals surface area contributed by atoms with E-state index in [9.17, 15) is 4.79 Å². The molecule has 3 aromatic rings. The molecule has 0 saturated carbocycles. The van der Waals surface area contributed by atoms with Crippen LogP contribution in [0.5, 0.6) is 17.2 Å². The van der Waals surface area contributed by atoms with Gasteiger partial charge in [0.1, 0.15) is 24.0 Å². The summed E-state index contributed by atoms with van der Waals surface area (Å²) in [6.45, 7) is 5.30. The maximum absolute atomic E-state index is 13.3. The van der Waals surface area contributed by atoms with Gasteiger partial charge in [0.25, 0.3) is 0 Å². The number of fused-ring (bicyclic) bond motifs is 2. The van der Waals surface area contributed by atoms with Gasteiger partial charge in [0.2, 0.25) is 5.78 Å². The molecule has 0 saturated heterocycles. The largest absolute Gasteiger partial charge is 0.496 e. The molecular weight excluding hydrogens is 482 g/mol. The van der Waals surface area contributed by atoms with E-state index in [4.69, 9.17) is 14.2 Å². The third-order valence-electron chi connectivity index (χ3n) is 6.27. The van der Waals surface area contributed by atoms with Gasteiger partial charge in [0, 0.05) is 33.7 Å². The molecule has 6 heteroatoms. The third kappa shape index (κ3) is 3.94. The van der Waals surface area contributed by atoms with Gasteiger partial charge in [-0.3, -0.25) is 9.69 Å². The number of benzene rings is 3. The average molecular weight is 506 g/mol. The minimum Gasteiger partial charge on any atom is -0.496 e. The van der Waals surface area contributed by atoms with Crippen LogP contribution in [-0.4, -0.2) is 24.5 Å². The topological polar surface area (TPSA) is 48.0 Å². The molecule has 2 aliphatic heterocycles. The molecule has 0 amide bonds. The molecule has 1 unspecified atom stereocenters. The second kappa shape index (κ2) is 8.69. The SMILES string of the molecule is COc1ccc(Br)cc1/C=C1\Oc2c(cc3c(c2C)OCN(C(C)c2ccccc2)C3)C1=O. The average Bonchev–Trinajstić information content (AvgIpc) is 3.14. The van der Waals surface area contributed by atoms with Gasteiger partial charge >= 0.3 is 0 Å². The number of ether oxygens (including phenoxy) is 3. The van der Waals surface area contributed by atoms with E-state index in [0.29, 0.717) is 30.3 Å². The number of carbonyl (C=O) groups excluding carboxylic acids is 1. The quantitative estimate of drug-likeness (QED) is 0.389. The summed E-state index contributed by atoms with van der Waals surface area (Å²) in [6.07, 6.45) is 1.73. The molecule has 0 radical (unpaired) electrons. The Hall–Kier alpha value is -3.09. The van der Waals surface area contributed by atoms with Crippen LogP contribution in [0.15, 0.2) is 64.8 Å². The molecule has 5 rings (SSSR count). The van der Waals surface area contributed by atoms with Crippen molar-refractivity contribution < 1.29 is 19.0 Å². The van der Waals surface area contributed by atoms with Crippen molar-refractivity contribution in [3.63, 3.8) is 0 Å². The lowest BCUT2D eigenvalue weighted by atomic mass is 9.99. The number of ketones is 1. The minimum absolute atomic E-state index is 0.133. The maximum atomic E-state index is 13.3. The Bertz CT molecular complexity index is 1270. The van der Waals surface area contributed by atoms with E-state index in [1.54, 1.807) is 13.2 Å². The zero-order chi connectivity index (χ0) is 23.1. The van der Waals surface area contributed by atoms with Crippen molar-refractivity contribution in [1.29, 1.82) is 0 Å². The zero-order valence-electron chi connectivity index (χ0n) is 18.7. The van der Waals surface area contributed by atoms with Crippen molar-refractivity contribution in [3.05, 3.63) is 92.6 Å². The van der Waals surface area contributed by atoms with Crippen molar-refractivity contribution in [2.75, 3.05) is 13.8 Å². The zero-order valence-corrected chi connectivity index (χ0v) is 20.3. The molecule has 0 aromatic heterocycles. The predicted molar refractivity (Wildman–Crippen MR) is 131 cm³/mol. The van der Waals surface area contributed by atoms with E-state index < -0.39 is 0 Å². The highest BCUT2D eigenvalue weighted by atomic mass is 79.9. The van der Waals surface area contributed by atoms with Crippen LogP contribution in [0.2, 0.25) is 0 Å². The van der Waals surface area contributed by atoms with Gasteiger partial charge in [0.15, 0.2) is 5.76 Å².